The summed E-state index contributed by atoms with van der Waals surface area (Å²) < 4.78 is 42.4. The maximum Gasteiger partial charge on any atom is 0.280 e. The highest BCUT2D eigenvalue weighted by Gasteiger charge is 2.44. The summed E-state index contributed by atoms with van der Waals surface area (Å²) in [6.07, 6.45) is 17.9. The van der Waals surface area contributed by atoms with Gasteiger partial charge in [0.2, 0.25) is 11.6 Å². The number of para-hydroxylation sites is 2. The van der Waals surface area contributed by atoms with E-state index in [9.17, 15) is 27.4 Å². The number of amides is 1. The number of nitrogens with zero attached hydrogens (tertiary/aromatic N) is 5. The number of hydrogen-bond acceptors (Lipinski definition) is 13. The quantitative estimate of drug-likeness (QED) is 0.0143. The van der Waals surface area contributed by atoms with Gasteiger partial charge in [0.25, 0.3) is 21.6 Å². The molecular formula is C64H75N10O7S+. The molecule has 0 radical (unpaired) electrons. The molecule has 3 aliphatic rings. The molecular weight excluding hydrogens is 1050 g/mol. The Kier molecular flexibility index (Phi) is 18.1. The number of ketones is 1. The highest BCUT2D eigenvalue weighted by atomic mass is 32.2. The number of H-pyrrole nitrogens is 1. The summed E-state index contributed by atoms with van der Waals surface area (Å²) in [4.78, 5) is 55.6. The number of carbonyl (C=O) groups is 2. The number of benzene rings is 4. The second kappa shape index (κ2) is 25.4. The molecule has 2 aliphatic heterocycles. The van der Waals surface area contributed by atoms with Gasteiger partial charge in [0.15, 0.2) is 16.9 Å². The van der Waals surface area contributed by atoms with Crippen molar-refractivity contribution in [1.29, 1.82) is 0 Å². The molecule has 6 aromatic rings. The SMILES string of the molecule is CCCCC[N+]1=C(/C=C/C2=C(Oc3ccc(C[C@H](CC(C)=O)NNC(=O)c4ccc(NCc5cnc6nc(N)[nH]c(=O)c6n5)cc4)cc3)C(=C/C=C3/N(CCCCS(=O)(=O)O)c4ccccc4C3(C)C)/CCC2)C(C)(C)c2ccccc21. The van der Waals surface area contributed by atoms with Gasteiger partial charge < -0.3 is 20.7 Å². The Morgan fingerprint density at radius 1 is 0.890 bits per heavy atom. The van der Waals surface area contributed by atoms with Crippen molar-refractivity contribution in [2.45, 2.75) is 129 Å². The van der Waals surface area contributed by atoms with Crippen LogP contribution in [0.1, 0.15) is 132 Å². The molecule has 428 valence electrons. The lowest BCUT2D eigenvalue weighted by Gasteiger charge is -2.27. The minimum atomic E-state index is -4.07. The number of nitrogens with two attached hydrogens (primary N) is 1. The van der Waals surface area contributed by atoms with E-state index < -0.39 is 21.7 Å². The van der Waals surface area contributed by atoms with E-state index in [0.29, 0.717) is 42.8 Å². The number of nitrogens with one attached hydrogen (secondary N) is 4. The minimum Gasteiger partial charge on any atom is -0.457 e. The number of hydrogen-bond donors (Lipinski definition) is 6. The van der Waals surface area contributed by atoms with Gasteiger partial charge in [-0.15, -0.1) is 0 Å². The molecule has 0 saturated carbocycles. The van der Waals surface area contributed by atoms with Crippen molar-refractivity contribution < 1.29 is 31.9 Å². The lowest BCUT2D eigenvalue weighted by molar-refractivity contribution is -0.438. The number of aromatic nitrogens is 4. The molecule has 18 heteroatoms. The Morgan fingerprint density at radius 3 is 2.38 bits per heavy atom. The second-order valence-electron chi connectivity index (χ2n) is 22.5. The van der Waals surface area contributed by atoms with Crippen LogP contribution in [0.25, 0.3) is 11.2 Å². The summed E-state index contributed by atoms with van der Waals surface area (Å²) in [6, 6.07) is 31.5. The van der Waals surface area contributed by atoms with E-state index in [4.69, 9.17) is 10.5 Å². The monoisotopic (exact) mass is 1130 g/mol. The molecule has 2 aromatic heterocycles. The van der Waals surface area contributed by atoms with Crippen molar-refractivity contribution in [1.82, 2.24) is 30.8 Å². The zero-order valence-electron chi connectivity index (χ0n) is 47.7. The van der Waals surface area contributed by atoms with Crippen LogP contribution in [0.2, 0.25) is 0 Å². The number of hydrazine groups is 1. The highest BCUT2D eigenvalue weighted by Crippen LogP contribution is 2.48. The van der Waals surface area contributed by atoms with Crippen LogP contribution in [0.4, 0.5) is 23.0 Å². The molecule has 0 fully saturated rings. The zero-order chi connectivity index (χ0) is 58.2. The lowest BCUT2D eigenvalue weighted by Crippen LogP contribution is -2.46. The van der Waals surface area contributed by atoms with E-state index in [-0.39, 0.29) is 58.4 Å². The number of aromatic amines is 1. The van der Waals surface area contributed by atoms with Crippen LogP contribution in [0, 0.1) is 0 Å². The lowest BCUT2D eigenvalue weighted by atomic mass is 9.81. The highest BCUT2D eigenvalue weighted by molar-refractivity contribution is 7.85. The number of Topliss-reactive ketones (excluding diaryl/α,β-unsaturated/α-hetero) is 1. The Labute approximate surface area is 480 Å². The fourth-order valence-electron chi connectivity index (χ4n) is 11.4. The van der Waals surface area contributed by atoms with Gasteiger partial charge in [-0.2, -0.15) is 18.0 Å². The fourth-order valence-corrected chi connectivity index (χ4v) is 12.0. The average molecular weight is 1130 g/mol. The molecule has 0 unspecified atom stereocenters. The smallest absolute Gasteiger partial charge is 0.280 e. The number of allylic oxidation sites excluding steroid dienone is 7. The Balaban J connectivity index is 0.947. The van der Waals surface area contributed by atoms with Gasteiger partial charge in [-0.05, 0) is 143 Å². The van der Waals surface area contributed by atoms with E-state index >= 15 is 0 Å². The minimum absolute atomic E-state index is 0.0282. The molecule has 17 nitrogen and oxygen atoms in total. The number of anilines is 3. The zero-order valence-corrected chi connectivity index (χ0v) is 48.5. The number of ether oxygens (including phenoxy) is 1. The van der Waals surface area contributed by atoms with Crippen molar-refractivity contribution in [2.24, 2.45) is 0 Å². The summed E-state index contributed by atoms with van der Waals surface area (Å²) in [5.41, 5.74) is 22.7. The van der Waals surface area contributed by atoms with Gasteiger partial charge in [0.1, 0.15) is 23.8 Å². The van der Waals surface area contributed by atoms with E-state index in [0.717, 1.165) is 84.6 Å². The number of carbonyl (C=O) groups excluding carboxylic acids is 2. The first kappa shape index (κ1) is 58.6. The van der Waals surface area contributed by atoms with Crippen LogP contribution in [0.3, 0.4) is 0 Å². The van der Waals surface area contributed by atoms with Crippen molar-refractivity contribution in [3.8, 4) is 5.75 Å². The van der Waals surface area contributed by atoms with Crippen molar-refractivity contribution in [3.05, 3.63) is 188 Å². The van der Waals surface area contributed by atoms with Crippen molar-refractivity contribution >= 4 is 61.7 Å². The first-order valence-electron chi connectivity index (χ1n) is 28.4. The topological polar surface area (TPSA) is 238 Å². The Morgan fingerprint density at radius 2 is 1.63 bits per heavy atom. The Bertz CT molecular complexity index is 3690. The van der Waals surface area contributed by atoms with Crippen LogP contribution >= 0.6 is 0 Å². The number of fused-ring (bicyclic) bond motifs is 3. The molecule has 4 heterocycles. The van der Waals surface area contributed by atoms with Gasteiger partial charge in [0, 0.05) is 71.2 Å². The van der Waals surface area contributed by atoms with Crippen LogP contribution in [-0.2, 0) is 38.7 Å². The van der Waals surface area contributed by atoms with E-state index in [1.807, 2.05) is 30.3 Å². The predicted octanol–water partition coefficient (Wildman–Crippen LogP) is 10.6. The van der Waals surface area contributed by atoms with Gasteiger partial charge in [-0.1, -0.05) is 81.8 Å². The first-order valence-corrected chi connectivity index (χ1v) is 30.0. The maximum atomic E-state index is 13.4. The van der Waals surface area contributed by atoms with Gasteiger partial charge in [-0.3, -0.25) is 29.3 Å². The average Bonchev–Trinajstić information content (AvgIpc) is 3.94. The van der Waals surface area contributed by atoms with Crippen LogP contribution < -0.4 is 37.1 Å². The predicted molar refractivity (Wildman–Crippen MR) is 324 cm³/mol. The third kappa shape index (κ3) is 13.8. The standard InChI is InChI=1S/C64H74N10O7S/c1-7-8-13-35-73-53-21-11-9-19-51(53)63(3,4)55(73)33-27-44-17-16-18-45(28-34-56-64(5,6)52-20-10-12-22-54(52)74(56)36-14-15-37-82(78,79)80)58(44)81-50-31-23-43(24-32-50)39-48(38-42(2)75)71-72-60(76)46-25-29-47(30-26-46)66-40-49-41-67-59-57(68-49)61(77)70-62(65)69-59/h9-12,19-34,41,48H,7-8,13-18,35-40H2,1-6H3,(H6-,65,66,67,68,69,70,71,72,76,77,78,79,80)/p+1/t48-/m0/s1. The maximum absolute atomic E-state index is 13.4. The first-order chi connectivity index (χ1) is 39.3. The van der Waals surface area contributed by atoms with E-state index in [1.165, 1.54) is 35.6 Å². The number of nitrogen functional groups attached to an aromatic ring is 1. The summed E-state index contributed by atoms with van der Waals surface area (Å²) >= 11 is 0. The molecule has 0 bridgehead atoms. The molecule has 4 aromatic carbocycles. The second-order valence-corrected chi connectivity index (χ2v) is 24.1. The van der Waals surface area contributed by atoms with Crippen molar-refractivity contribution in [2.75, 3.05) is 34.8 Å². The third-order valence-corrected chi connectivity index (χ3v) is 16.4. The molecule has 1 amide bonds. The molecule has 0 spiro atoms. The van der Waals surface area contributed by atoms with E-state index in [1.54, 1.807) is 24.3 Å². The van der Waals surface area contributed by atoms with Crippen LogP contribution in [0.5, 0.6) is 5.75 Å². The normalized spacial score (nSPS) is 17.0. The third-order valence-electron chi connectivity index (χ3n) is 15.6. The molecule has 7 N–H and O–H groups in total. The largest absolute Gasteiger partial charge is 0.457 e. The fraction of sp³-hybridized carbons (Fsp3) is 0.359. The summed E-state index contributed by atoms with van der Waals surface area (Å²) in [5, 5.41) is 3.23. The van der Waals surface area contributed by atoms with Crippen LogP contribution in [0.15, 0.2) is 155 Å². The number of unbranched alkanes of at least 4 members (excludes halogenated alkanes) is 3. The molecule has 1 aliphatic carbocycles. The summed E-state index contributed by atoms with van der Waals surface area (Å²) in [5.74, 6) is 0.748. The van der Waals surface area contributed by atoms with Crippen LogP contribution in [-0.4, -0.2) is 79.8 Å². The van der Waals surface area contributed by atoms with Crippen molar-refractivity contribution in [3.63, 3.8) is 0 Å². The summed E-state index contributed by atoms with van der Waals surface area (Å²) in [7, 11) is -4.07. The summed E-state index contributed by atoms with van der Waals surface area (Å²) in [6.45, 7) is 14.6. The Hall–Kier alpha value is -8.06. The van der Waals surface area contributed by atoms with Gasteiger partial charge >= 0.3 is 0 Å². The molecule has 1 atom stereocenters. The molecule has 9 rings (SSSR count). The number of rotatable bonds is 24. The molecule has 0 saturated heterocycles. The molecule has 82 heavy (non-hydrogen) atoms. The van der Waals surface area contributed by atoms with Gasteiger partial charge in [-0.25, -0.2) is 15.4 Å². The van der Waals surface area contributed by atoms with Gasteiger partial charge in [0.05, 0.1) is 29.6 Å². The van der Waals surface area contributed by atoms with E-state index in [2.05, 4.69) is 147 Å².